The average Bonchev–Trinajstić information content (AvgIpc) is 2.25. The van der Waals surface area contributed by atoms with Gasteiger partial charge >= 0.3 is 6.18 Å². The van der Waals surface area contributed by atoms with Crippen LogP contribution in [-0.4, -0.2) is 11.1 Å². The van der Waals surface area contributed by atoms with Gasteiger partial charge in [0.1, 0.15) is 0 Å². The Labute approximate surface area is 104 Å². The van der Waals surface area contributed by atoms with E-state index in [1.165, 1.54) is 19.1 Å². The lowest BCUT2D eigenvalue weighted by atomic mass is 9.94. The lowest BCUT2D eigenvalue weighted by Crippen LogP contribution is -2.17. The highest BCUT2D eigenvalue weighted by molar-refractivity contribution is 9.09. The van der Waals surface area contributed by atoms with Gasteiger partial charge in [-0.2, -0.15) is 18.4 Å². The smallest absolute Gasteiger partial charge is 0.293 e. The minimum Gasteiger partial charge on any atom is -0.293 e. The van der Waals surface area contributed by atoms with Gasteiger partial charge in [-0.05, 0) is 18.6 Å². The molecule has 0 fully saturated rings. The second-order valence-corrected chi connectivity index (χ2v) is 3.91. The van der Waals surface area contributed by atoms with Crippen molar-refractivity contribution in [2.45, 2.75) is 13.1 Å². The fraction of sp³-hybridized carbons (Fsp3) is 0.273. The van der Waals surface area contributed by atoms with Crippen molar-refractivity contribution in [1.82, 2.24) is 0 Å². The summed E-state index contributed by atoms with van der Waals surface area (Å²) in [7, 11) is 0. The molecular formula is C11H7BrF3NO. The summed E-state index contributed by atoms with van der Waals surface area (Å²) in [6, 6.07) is 4.02. The fourth-order valence-electron chi connectivity index (χ4n) is 1.52. The Balaban J connectivity index is 3.67. The van der Waals surface area contributed by atoms with Crippen molar-refractivity contribution in [3.8, 4) is 6.07 Å². The summed E-state index contributed by atoms with van der Waals surface area (Å²) in [4.78, 5) is 11.5. The van der Waals surface area contributed by atoms with E-state index in [0.29, 0.717) is 0 Å². The van der Waals surface area contributed by atoms with E-state index in [0.717, 1.165) is 0 Å². The molecule has 0 aromatic heterocycles. The predicted octanol–water partition coefficient (Wildman–Crippen LogP) is 3.46. The molecule has 90 valence electrons. The third kappa shape index (κ3) is 2.67. The van der Waals surface area contributed by atoms with Crippen LogP contribution in [0.25, 0.3) is 0 Å². The summed E-state index contributed by atoms with van der Waals surface area (Å²) in [6.07, 6.45) is -4.65. The monoisotopic (exact) mass is 305 g/mol. The Morgan fingerprint density at radius 2 is 2.06 bits per heavy atom. The number of hydrogen-bond donors (Lipinski definition) is 0. The molecule has 0 unspecified atom stereocenters. The van der Waals surface area contributed by atoms with Crippen molar-refractivity contribution >= 4 is 21.7 Å². The molecule has 0 heterocycles. The first-order valence-electron chi connectivity index (χ1n) is 4.53. The Bertz CT molecular complexity index is 503. The SMILES string of the molecule is Cc1ccc(C#N)c(C(=O)CBr)c1C(F)(F)F. The van der Waals surface area contributed by atoms with Gasteiger partial charge in [-0.15, -0.1) is 0 Å². The Hall–Kier alpha value is -1.35. The molecule has 6 heteroatoms. The standard InChI is InChI=1S/C11H7BrF3NO/c1-6-2-3-7(5-16)9(8(17)4-12)10(6)11(13,14)15/h2-3H,4H2,1H3. The second kappa shape index (κ2) is 4.88. The zero-order valence-corrected chi connectivity index (χ0v) is 10.3. The number of halogens is 4. The van der Waals surface area contributed by atoms with Gasteiger partial charge in [0, 0.05) is 5.56 Å². The number of nitrogens with zero attached hydrogens (tertiary/aromatic N) is 1. The Kier molecular flexibility index (Phi) is 3.94. The van der Waals surface area contributed by atoms with Crippen LogP contribution < -0.4 is 0 Å². The molecule has 1 aromatic rings. The molecule has 0 aliphatic heterocycles. The Morgan fingerprint density at radius 1 is 1.47 bits per heavy atom. The first-order chi connectivity index (χ1) is 7.82. The van der Waals surface area contributed by atoms with Crippen LogP contribution in [0.1, 0.15) is 27.0 Å². The molecule has 17 heavy (non-hydrogen) atoms. The quantitative estimate of drug-likeness (QED) is 0.620. The molecule has 0 saturated carbocycles. The molecule has 0 aliphatic rings. The maximum absolute atomic E-state index is 12.8. The number of rotatable bonds is 2. The fourth-order valence-corrected chi connectivity index (χ4v) is 1.80. The number of carbonyl (C=O) groups is 1. The van der Waals surface area contributed by atoms with Gasteiger partial charge in [0.05, 0.1) is 22.5 Å². The summed E-state index contributed by atoms with van der Waals surface area (Å²) >= 11 is 2.81. The molecule has 0 bridgehead atoms. The topological polar surface area (TPSA) is 40.9 Å². The van der Waals surface area contributed by atoms with Crippen molar-refractivity contribution < 1.29 is 18.0 Å². The minimum absolute atomic E-state index is 0.0687. The van der Waals surface area contributed by atoms with Gasteiger partial charge in [-0.3, -0.25) is 4.79 Å². The summed E-state index contributed by atoms with van der Waals surface area (Å²) in [5, 5.41) is 8.50. The Morgan fingerprint density at radius 3 is 2.47 bits per heavy atom. The second-order valence-electron chi connectivity index (χ2n) is 3.35. The normalized spacial score (nSPS) is 11.1. The van der Waals surface area contributed by atoms with Crippen molar-refractivity contribution in [2.24, 2.45) is 0 Å². The summed E-state index contributed by atoms with van der Waals surface area (Å²) < 4.78 is 38.5. The van der Waals surface area contributed by atoms with E-state index in [1.807, 2.05) is 0 Å². The minimum atomic E-state index is -4.65. The molecular weight excluding hydrogens is 299 g/mol. The van der Waals surface area contributed by atoms with E-state index in [4.69, 9.17) is 5.26 Å². The van der Waals surface area contributed by atoms with Crippen molar-refractivity contribution in [2.75, 3.05) is 5.33 Å². The third-order valence-corrected chi connectivity index (χ3v) is 2.73. The number of Topliss-reactive ketones (excluding diaryl/α,β-unsaturated/α-hetero) is 1. The lowest BCUT2D eigenvalue weighted by molar-refractivity contribution is -0.138. The van der Waals surface area contributed by atoms with Crippen molar-refractivity contribution in [3.63, 3.8) is 0 Å². The van der Waals surface area contributed by atoms with E-state index < -0.39 is 23.1 Å². The van der Waals surface area contributed by atoms with Gasteiger partial charge in [-0.1, -0.05) is 22.0 Å². The van der Waals surface area contributed by atoms with Crippen LogP contribution in [0.3, 0.4) is 0 Å². The summed E-state index contributed by atoms with van der Waals surface area (Å²) in [5.74, 6) is -0.752. The molecule has 0 spiro atoms. The average molecular weight is 306 g/mol. The number of hydrogen-bond acceptors (Lipinski definition) is 2. The van der Waals surface area contributed by atoms with E-state index in [9.17, 15) is 18.0 Å². The highest BCUT2D eigenvalue weighted by atomic mass is 79.9. The number of ketones is 1. The van der Waals surface area contributed by atoms with E-state index in [-0.39, 0.29) is 16.5 Å². The number of aryl methyl sites for hydroxylation is 1. The predicted molar refractivity (Wildman–Crippen MR) is 59.0 cm³/mol. The number of alkyl halides is 4. The number of nitriles is 1. The van der Waals surface area contributed by atoms with Crippen LogP contribution in [0, 0.1) is 18.3 Å². The largest absolute Gasteiger partial charge is 0.417 e. The van der Waals surface area contributed by atoms with Gasteiger partial charge in [0.2, 0.25) is 0 Å². The van der Waals surface area contributed by atoms with Gasteiger partial charge in [-0.25, -0.2) is 0 Å². The molecule has 0 saturated heterocycles. The maximum Gasteiger partial charge on any atom is 0.417 e. The molecule has 0 aliphatic carbocycles. The maximum atomic E-state index is 12.8. The number of carbonyl (C=O) groups excluding carboxylic acids is 1. The van der Waals surface area contributed by atoms with E-state index >= 15 is 0 Å². The molecule has 0 atom stereocenters. The van der Waals surface area contributed by atoms with Gasteiger partial charge in [0.25, 0.3) is 0 Å². The zero-order valence-electron chi connectivity index (χ0n) is 8.73. The number of benzene rings is 1. The molecule has 0 radical (unpaired) electrons. The van der Waals surface area contributed by atoms with Crippen LogP contribution in [0.4, 0.5) is 13.2 Å². The van der Waals surface area contributed by atoms with Crippen LogP contribution in [0.2, 0.25) is 0 Å². The molecule has 0 amide bonds. The van der Waals surface area contributed by atoms with Crippen LogP contribution >= 0.6 is 15.9 Å². The van der Waals surface area contributed by atoms with Gasteiger partial charge in [0.15, 0.2) is 5.78 Å². The third-order valence-electron chi connectivity index (χ3n) is 2.22. The summed E-state index contributed by atoms with van der Waals surface area (Å²) in [5.41, 5.74) is -1.91. The van der Waals surface area contributed by atoms with Crippen LogP contribution in [-0.2, 0) is 6.18 Å². The highest BCUT2D eigenvalue weighted by Crippen LogP contribution is 2.36. The van der Waals surface area contributed by atoms with E-state index in [2.05, 4.69) is 15.9 Å². The highest BCUT2D eigenvalue weighted by Gasteiger charge is 2.37. The van der Waals surface area contributed by atoms with Crippen molar-refractivity contribution in [3.05, 3.63) is 34.4 Å². The zero-order chi connectivity index (χ0) is 13.2. The van der Waals surface area contributed by atoms with Crippen LogP contribution in [0.15, 0.2) is 12.1 Å². The van der Waals surface area contributed by atoms with E-state index in [1.54, 1.807) is 6.07 Å². The van der Waals surface area contributed by atoms with Gasteiger partial charge < -0.3 is 0 Å². The molecule has 1 aromatic carbocycles. The first kappa shape index (κ1) is 13.7. The van der Waals surface area contributed by atoms with Crippen LogP contribution in [0.5, 0.6) is 0 Å². The van der Waals surface area contributed by atoms with Crippen molar-refractivity contribution in [1.29, 1.82) is 5.26 Å². The lowest BCUT2D eigenvalue weighted by Gasteiger charge is -2.15. The summed E-state index contributed by atoms with van der Waals surface area (Å²) in [6.45, 7) is 1.26. The molecule has 1 rings (SSSR count). The molecule has 0 N–H and O–H groups in total. The molecule has 2 nitrogen and oxygen atoms in total. The first-order valence-corrected chi connectivity index (χ1v) is 5.65.